The van der Waals surface area contributed by atoms with Crippen LogP contribution in [-0.2, 0) is 0 Å². The Kier molecular flexibility index (Phi) is 2.73. The van der Waals surface area contributed by atoms with Crippen molar-refractivity contribution < 1.29 is 5.11 Å². The van der Waals surface area contributed by atoms with Crippen LogP contribution in [0, 0.1) is 36.5 Å². The van der Waals surface area contributed by atoms with Gasteiger partial charge in [0.1, 0.15) is 0 Å². The van der Waals surface area contributed by atoms with Crippen molar-refractivity contribution in [3.8, 4) is 0 Å². The molecule has 1 nitrogen and oxygen atoms in total. The van der Waals surface area contributed by atoms with E-state index in [1.54, 1.807) is 0 Å². The summed E-state index contributed by atoms with van der Waals surface area (Å²) in [5.41, 5.74) is 2.42. The van der Waals surface area contributed by atoms with Gasteiger partial charge in [0.2, 0.25) is 0 Å². The standard InChI is InChI=1S/C18H24O/c1-11-2-4-14(5-3-11)18(19)17-15-7-12-6-13(9-15)10-16(17)8-12/h2-5,12-13,15-19H,6-10H2,1H3. The number of hydrogen-bond donors (Lipinski definition) is 1. The summed E-state index contributed by atoms with van der Waals surface area (Å²) in [6.07, 6.45) is 6.82. The van der Waals surface area contributed by atoms with E-state index >= 15 is 0 Å². The first-order valence-corrected chi connectivity index (χ1v) is 7.95. The van der Waals surface area contributed by atoms with Crippen LogP contribution in [-0.4, -0.2) is 5.11 Å². The van der Waals surface area contributed by atoms with Gasteiger partial charge < -0.3 is 5.11 Å². The number of aliphatic hydroxyl groups excluding tert-OH is 1. The van der Waals surface area contributed by atoms with Gasteiger partial charge in [0, 0.05) is 0 Å². The van der Waals surface area contributed by atoms with Crippen LogP contribution in [0.2, 0.25) is 0 Å². The predicted molar refractivity (Wildman–Crippen MR) is 76.7 cm³/mol. The lowest BCUT2D eigenvalue weighted by Crippen LogP contribution is -2.47. The second-order valence-electron chi connectivity index (χ2n) is 7.36. The van der Waals surface area contributed by atoms with Crippen molar-refractivity contribution in [1.82, 2.24) is 0 Å². The zero-order valence-corrected chi connectivity index (χ0v) is 11.8. The maximum atomic E-state index is 10.8. The quantitative estimate of drug-likeness (QED) is 0.844. The fraction of sp³-hybridized carbons (Fsp3) is 0.667. The van der Waals surface area contributed by atoms with E-state index in [0.29, 0.717) is 5.92 Å². The topological polar surface area (TPSA) is 20.2 Å². The fourth-order valence-electron chi connectivity index (χ4n) is 5.47. The Morgan fingerprint density at radius 1 is 0.895 bits per heavy atom. The number of aliphatic hydroxyl groups is 1. The summed E-state index contributed by atoms with van der Waals surface area (Å²) < 4.78 is 0. The second-order valence-corrected chi connectivity index (χ2v) is 7.36. The molecule has 0 heterocycles. The summed E-state index contributed by atoms with van der Waals surface area (Å²) in [5, 5.41) is 10.8. The number of hydrogen-bond acceptors (Lipinski definition) is 1. The lowest BCUT2D eigenvalue weighted by atomic mass is 9.50. The zero-order chi connectivity index (χ0) is 13.0. The minimum absolute atomic E-state index is 0.226. The van der Waals surface area contributed by atoms with Crippen molar-refractivity contribution in [3.05, 3.63) is 35.4 Å². The van der Waals surface area contributed by atoms with Gasteiger partial charge in [-0.15, -0.1) is 0 Å². The highest BCUT2D eigenvalue weighted by molar-refractivity contribution is 5.24. The minimum atomic E-state index is -0.226. The van der Waals surface area contributed by atoms with Gasteiger partial charge in [0.05, 0.1) is 6.10 Å². The Bertz CT molecular complexity index is 433. The monoisotopic (exact) mass is 256 g/mol. The third kappa shape index (κ3) is 1.94. The number of benzene rings is 1. The van der Waals surface area contributed by atoms with Crippen LogP contribution in [0.1, 0.15) is 49.3 Å². The van der Waals surface area contributed by atoms with Gasteiger partial charge in [0.15, 0.2) is 0 Å². The van der Waals surface area contributed by atoms with Gasteiger partial charge in [-0.1, -0.05) is 29.8 Å². The number of aryl methyl sites for hydroxylation is 1. The molecule has 1 unspecified atom stereocenters. The molecule has 5 rings (SSSR count). The smallest absolute Gasteiger partial charge is 0.0823 e. The maximum absolute atomic E-state index is 10.8. The summed E-state index contributed by atoms with van der Waals surface area (Å²) in [5.74, 6) is 4.11. The molecule has 4 saturated carbocycles. The first-order chi connectivity index (χ1) is 9.20. The van der Waals surface area contributed by atoms with Gasteiger partial charge >= 0.3 is 0 Å². The highest BCUT2D eigenvalue weighted by atomic mass is 16.3. The lowest BCUT2D eigenvalue weighted by molar-refractivity contribution is -0.0908. The van der Waals surface area contributed by atoms with Crippen LogP contribution < -0.4 is 0 Å². The van der Waals surface area contributed by atoms with Crippen LogP contribution in [0.3, 0.4) is 0 Å². The average Bonchev–Trinajstić information content (AvgIpc) is 2.38. The largest absolute Gasteiger partial charge is 0.388 e. The molecule has 1 atom stereocenters. The molecule has 1 aromatic rings. The van der Waals surface area contributed by atoms with E-state index in [2.05, 4.69) is 31.2 Å². The average molecular weight is 256 g/mol. The molecule has 0 amide bonds. The van der Waals surface area contributed by atoms with E-state index < -0.39 is 0 Å². The summed E-state index contributed by atoms with van der Waals surface area (Å²) in [4.78, 5) is 0. The summed E-state index contributed by atoms with van der Waals surface area (Å²) in [6, 6.07) is 8.53. The van der Waals surface area contributed by atoms with Gasteiger partial charge in [-0.3, -0.25) is 0 Å². The zero-order valence-electron chi connectivity index (χ0n) is 11.8. The molecule has 4 bridgehead atoms. The summed E-state index contributed by atoms with van der Waals surface area (Å²) in [7, 11) is 0. The highest BCUT2D eigenvalue weighted by Crippen LogP contribution is 2.59. The molecule has 1 N–H and O–H groups in total. The summed E-state index contributed by atoms with van der Waals surface area (Å²) in [6.45, 7) is 2.11. The SMILES string of the molecule is Cc1ccc(C(O)C2C3CC4CC(C3)CC2C4)cc1. The minimum Gasteiger partial charge on any atom is -0.388 e. The molecule has 1 aromatic carbocycles. The lowest BCUT2D eigenvalue weighted by Gasteiger charge is -2.55. The maximum Gasteiger partial charge on any atom is 0.0823 e. The van der Waals surface area contributed by atoms with Crippen LogP contribution in [0.25, 0.3) is 0 Å². The van der Waals surface area contributed by atoms with Crippen LogP contribution in [0.15, 0.2) is 24.3 Å². The molecule has 102 valence electrons. The molecule has 4 fully saturated rings. The van der Waals surface area contributed by atoms with Gasteiger partial charge in [-0.05, 0) is 74.2 Å². The normalized spacial score (nSPS) is 41.5. The van der Waals surface area contributed by atoms with Crippen molar-refractivity contribution >= 4 is 0 Å². The molecule has 0 aromatic heterocycles. The summed E-state index contributed by atoms with van der Waals surface area (Å²) >= 11 is 0. The van der Waals surface area contributed by atoms with Crippen molar-refractivity contribution in [2.75, 3.05) is 0 Å². The molecule has 0 radical (unpaired) electrons. The first kappa shape index (κ1) is 12.0. The molecular weight excluding hydrogens is 232 g/mol. The van der Waals surface area contributed by atoms with Gasteiger partial charge in [-0.25, -0.2) is 0 Å². The van der Waals surface area contributed by atoms with Crippen molar-refractivity contribution in [3.63, 3.8) is 0 Å². The van der Waals surface area contributed by atoms with Crippen LogP contribution >= 0.6 is 0 Å². The van der Waals surface area contributed by atoms with Crippen molar-refractivity contribution in [2.45, 2.75) is 45.1 Å². The molecule has 0 saturated heterocycles. The molecule has 4 aliphatic rings. The van der Waals surface area contributed by atoms with E-state index in [0.717, 1.165) is 29.2 Å². The van der Waals surface area contributed by atoms with Gasteiger partial charge in [-0.2, -0.15) is 0 Å². The van der Waals surface area contributed by atoms with E-state index in [1.807, 2.05) is 0 Å². The van der Waals surface area contributed by atoms with Crippen LogP contribution in [0.4, 0.5) is 0 Å². The molecule has 19 heavy (non-hydrogen) atoms. The predicted octanol–water partition coefficient (Wildman–Crippen LogP) is 4.10. The van der Waals surface area contributed by atoms with E-state index in [4.69, 9.17) is 0 Å². The van der Waals surface area contributed by atoms with E-state index in [9.17, 15) is 5.11 Å². The van der Waals surface area contributed by atoms with Crippen molar-refractivity contribution in [1.29, 1.82) is 0 Å². The molecule has 1 heteroatoms. The highest BCUT2D eigenvalue weighted by Gasteiger charge is 2.50. The van der Waals surface area contributed by atoms with Crippen LogP contribution in [0.5, 0.6) is 0 Å². The molecule has 4 aliphatic carbocycles. The fourth-order valence-corrected chi connectivity index (χ4v) is 5.47. The molecular formula is C18H24O. The third-order valence-electron chi connectivity index (χ3n) is 6.08. The Balaban J connectivity index is 1.60. The Labute approximate surface area is 116 Å². The van der Waals surface area contributed by atoms with E-state index in [1.165, 1.54) is 37.7 Å². The number of rotatable bonds is 2. The first-order valence-electron chi connectivity index (χ1n) is 7.95. The Morgan fingerprint density at radius 2 is 1.42 bits per heavy atom. The molecule has 0 aliphatic heterocycles. The second kappa shape index (κ2) is 4.34. The Hall–Kier alpha value is -0.820. The third-order valence-corrected chi connectivity index (χ3v) is 6.08. The Morgan fingerprint density at radius 3 is 1.95 bits per heavy atom. The molecule has 0 spiro atoms. The van der Waals surface area contributed by atoms with E-state index in [-0.39, 0.29) is 6.10 Å². The van der Waals surface area contributed by atoms with Gasteiger partial charge in [0.25, 0.3) is 0 Å². The van der Waals surface area contributed by atoms with Crippen molar-refractivity contribution in [2.24, 2.45) is 29.6 Å².